The molecule has 8 nitrogen and oxygen atoms in total. The van der Waals surface area contributed by atoms with E-state index in [0.29, 0.717) is 35.3 Å². The topological polar surface area (TPSA) is 94.5 Å². The fourth-order valence-electron chi connectivity index (χ4n) is 4.65. The lowest BCUT2D eigenvalue weighted by Crippen LogP contribution is -2.37. The molecule has 9 heteroatoms. The van der Waals surface area contributed by atoms with Crippen LogP contribution in [0.4, 0.5) is 10.5 Å². The van der Waals surface area contributed by atoms with Crippen LogP contribution in [0.25, 0.3) is 6.08 Å². The number of ether oxygens (including phenoxy) is 4. The van der Waals surface area contributed by atoms with Crippen molar-refractivity contribution in [2.24, 2.45) is 5.92 Å². The van der Waals surface area contributed by atoms with Crippen LogP contribution in [-0.2, 0) is 18.9 Å². The van der Waals surface area contributed by atoms with Crippen LogP contribution in [0.5, 0.6) is 0 Å². The minimum Gasteiger partial charge on any atom is -0.458 e. The van der Waals surface area contributed by atoms with E-state index < -0.39 is 41.8 Å². The van der Waals surface area contributed by atoms with Crippen molar-refractivity contribution in [1.29, 1.82) is 0 Å². The highest BCUT2D eigenvalue weighted by Crippen LogP contribution is 2.34. The standard InChI is InChI=1S/C30H43NO7.C2H7P/c1-10-31(28(34)38-29(5,6)7)22-16-19(3)25-21(17-22)12-11-13-24-26(37-30(8,9)36-24)23(32)15-14-18(2)20(4)35-27(25)33;1-3-2/h11-12,14-18,20,23-24,26,32H,10,13H2,1-9H3;3H,1-2H3/b12-11+,15-14-;/t18-,20+,23?,24+,26-;/m1./s1. The molecule has 1 saturated heterocycles. The van der Waals surface area contributed by atoms with Crippen molar-refractivity contribution >= 4 is 32.4 Å². The SMILES string of the molecule is CCN(C(=O)OC(C)(C)C)c1cc(C)c2c(c1)/C=C/C[C@@H]1OC(C)(C)O[C@@H]1C(O)/C=C\[C@@H](C)[C@H](C)OC2=O.CPC. The normalized spacial score (nSPS) is 27.6. The predicted molar refractivity (Wildman–Crippen MR) is 167 cm³/mol. The number of hydrogen-bond donors (Lipinski definition) is 1. The zero-order chi connectivity index (χ0) is 31.1. The maximum atomic E-state index is 13.4. The van der Waals surface area contributed by atoms with Gasteiger partial charge in [0.25, 0.3) is 0 Å². The van der Waals surface area contributed by atoms with Gasteiger partial charge in [-0.1, -0.05) is 31.2 Å². The van der Waals surface area contributed by atoms with Crippen molar-refractivity contribution < 1.29 is 33.6 Å². The van der Waals surface area contributed by atoms with Gasteiger partial charge in [0.1, 0.15) is 23.9 Å². The van der Waals surface area contributed by atoms with E-state index in [4.69, 9.17) is 18.9 Å². The molecule has 1 amide bonds. The fraction of sp³-hybridized carbons (Fsp3) is 0.625. The molecule has 3 rings (SSSR count). The average molecular weight is 592 g/mol. The van der Waals surface area contributed by atoms with Gasteiger partial charge >= 0.3 is 12.1 Å². The van der Waals surface area contributed by atoms with Crippen molar-refractivity contribution in [3.63, 3.8) is 0 Å². The Kier molecular flexibility index (Phi) is 12.6. The van der Waals surface area contributed by atoms with Gasteiger partial charge in [0.2, 0.25) is 0 Å². The van der Waals surface area contributed by atoms with Gasteiger partial charge in [0, 0.05) is 18.2 Å². The van der Waals surface area contributed by atoms with Gasteiger partial charge in [-0.3, -0.25) is 4.90 Å². The van der Waals surface area contributed by atoms with Crippen LogP contribution in [0.3, 0.4) is 0 Å². The zero-order valence-electron chi connectivity index (χ0n) is 26.6. The van der Waals surface area contributed by atoms with E-state index in [-0.39, 0.29) is 12.0 Å². The molecule has 1 aromatic rings. The number of hydrogen-bond acceptors (Lipinski definition) is 7. The lowest BCUT2D eigenvalue weighted by Gasteiger charge is -2.27. The van der Waals surface area contributed by atoms with E-state index in [0.717, 1.165) is 8.58 Å². The van der Waals surface area contributed by atoms with Crippen LogP contribution in [0.1, 0.15) is 83.3 Å². The summed E-state index contributed by atoms with van der Waals surface area (Å²) in [5.41, 5.74) is 1.72. The highest BCUT2D eigenvalue weighted by Gasteiger charge is 2.43. The Morgan fingerprint density at radius 3 is 2.39 bits per heavy atom. The lowest BCUT2D eigenvalue weighted by atomic mass is 9.97. The first kappa shape index (κ1) is 34.9. The summed E-state index contributed by atoms with van der Waals surface area (Å²) in [7, 11) is 1.08. The lowest BCUT2D eigenvalue weighted by molar-refractivity contribution is -0.152. The van der Waals surface area contributed by atoms with Crippen molar-refractivity contribution in [3.05, 3.63) is 47.1 Å². The molecular formula is C32H50NO7P. The number of aliphatic hydroxyl groups is 1. The summed E-state index contributed by atoms with van der Waals surface area (Å²) in [4.78, 5) is 27.9. The molecule has 2 heterocycles. The number of aryl methyl sites for hydroxylation is 1. The smallest absolute Gasteiger partial charge is 0.414 e. The molecule has 230 valence electrons. The molecule has 0 aromatic heterocycles. The van der Waals surface area contributed by atoms with Crippen LogP contribution in [0, 0.1) is 12.8 Å². The van der Waals surface area contributed by atoms with Crippen molar-refractivity contribution in [1.82, 2.24) is 0 Å². The number of benzene rings is 1. The van der Waals surface area contributed by atoms with Crippen LogP contribution in [-0.4, -0.2) is 72.8 Å². The number of amides is 1. The van der Waals surface area contributed by atoms with Crippen LogP contribution in [0.2, 0.25) is 0 Å². The van der Waals surface area contributed by atoms with E-state index in [1.807, 2.05) is 80.5 Å². The summed E-state index contributed by atoms with van der Waals surface area (Å²) in [6.45, 7) is 21.3. The summed E-state index contributed by atoms with van der Waals surface area (Å²) >= 11 is 0. The molecule has 0 saturated carbocycles. The molecule has 0 radical (unpaired) electrons. The summed E-state index contributed by atoms with van der Waals surface area (Å²) in [6, 6.07) is 3.61. The van der Waals surface area contributed by atoms with Crippen molar-refractivity contribution in [2.45, 2.75) is 105 Å². The molecule has 1 unspecified atom stereocenters. The van der Waals surface area contributed by atoms with E-state index in [1.54, 1.807) is 23.1 Å². The van der Waals surface area contributed by atoms with Gasteiger partial charge in [0.05, 0.1) is 11.7 Å². The first-order valence-electron chi connectivity index (χ1n) is 14.4. The molecule has 2 aliphatic heterocycles. The Labute approximate surface area is 248 Å². The predicted octanol–water partition coefficient (Wildman–Crippen LogP) is 6.72. The summed E-state index contributed by atoms with van der Waals surface area (Å²) in [5, 5.41) is 10.9. The van der Waals surface area contributed by atoms with Crippen LogP contribution < -0.4 is 4.90 Å². The number of aliphatic hydroxyl groups excluding tert-OH is 1. The number of rotatable bonds is 2. The van der Waals surface area contributed by atoms with Gasteiger partial charge in [-0.15, -0.1) is 8.58 Å². The molecule has 2 aliphatic rings. The largest absolute Gasteiger partial charge is 0.458 e. The summed E-state index contributed by atoms with van der Waals surface area (Å²) in [5.74, 6) is -1.42. The van der Waals surface area contributed by atoms with Gasteiger partial charge in [-0.25, -0.2) is 9.59 Å². The number of nitrogens with zero attached hydrogens (tertiary/aromatic N) is 1. The van der Waals surface area contributed by atoms with E-state index in [1.165, 1.54) is 0 Å². The number of esters is 1. The third kappa shape index (κ3) is 9.92. The van der Waals surface area contributed by atoms with E-state index in [2.05, 4.69) is 13.3 Å². The van der Waals surface area contributed by atoms with Gasteiger partial charge < -0.3 is 24.1 Å². The number of carbonyl (C=O) groups is 2. The van der Waals surface area contributed by atoms with Gasteiger partial charge in [-0.2, -0.15) is 0 Å². The molecule has 1 N–H and O–H groups in total. The Morgan fingerprint density at radius 1 is 1.17 bits per heavy atom. The highest BCUT2D eigenvalue weighted by atomic mass is 31.1. The third-order valence-corrected chi connectivity index (χ3v) is 6.67. The molecule has 0 spiro atoms. The zero-order valence-corrected chi connectivity index (χ0v) is 27.6. The first-order valence-corrected chi connectivity index (χ1v) is 16.4. The quantitative estimate of drug-likeness (QED) is 0.232. The highest BCUT2D eigenvalue weighted by molar-refractivity contribution is 7.35. The summed E-state index contributed by atoms with van der Waals surface area (Å²) < 4.78 is 23.6. The second-order valence-electron chi connectivity index (χ2n) is 12.1. The minimum atomic E-state index is -0.878. The van der Waals surface area contributed by atoms with Gasteiger partial charge in [-0.05, 0) is 98.4 Å². The molecule has 41 heavy (non-hydrogen) atoms. The van der Waals surface area contributed by atoms with E-state index in [9.17, 15) is 14.7 Å². The monoisotopic (exact) mass is 591 g/mol. The van der Waals surface area contributed by atoms with Crippen LogP contribution in [0.15, 0.2) is 30.4 Å². The Morgan fingerprint density at radius 2 is 1.80 bits per heavy atom. The average Bonchev–Trinajstić information content (AvgIpc) is 3.15. The number of anilines is 1. The second-order valence-corrected chi connectivity index (χ2v) is 13.1. The molecule has 0 aliphatic carbocycles. The Balaban J connectivity index is 0.00000187. The molecule has 0 bridgehead atoms. The first-order chi connectivity index (χ1) is 19.0. The van der Waals surface area contributed by atoms with Crippen molar-refractivity contribution in [2.75, 3.05) is 24.8 Å². The maximum absolute atomic E-state index is 13.4. The van der Waals surface area contributed by atoms with Gasteiger partial charge in [0.15, 0.2) is 5.79 Å². The number of carbonyl (C=O) groups excluding carboxylic acids is 2. The molecule has 1 aromatic carbocycles. The minimum absolute atomic E-state index is 0.147. The molecule has 5 atom stereocenters. The van der Waals surface area contributed by atoms with Crippen molar-refractivity contribution in [3.8, 4) is 0 Å². The third-order valence-electron chi connectivity index (χ3n) is 6.67. The summed E-state index contributed by atoms with van der Waals surface area (Å²) in [6.07, 6.45) is 5.01. The molecule has 1 fully saturated rings. The molecular weight excluding hydrogens is 541 g/mol. The number of fused-ring (bicyclic) bond motifs is 2. The Hall–Kier alpha value is -2.25. The number of cyclic esters (lactones) is 1. The Bertz CT molecular complexity index is 1110. The van der Waals surface area contributed by atoms with E-state index >= 15 is 0 Å². The van der Waals surface area contributed by atoms with Crippen LogP contribution >= 0.6 is 8.58 Å². The maximum Gasteiger partial charge on any atom is 0.414 e. The second kappa shape index (κ2) is 14.8. The fourth-order valence-corrected chi connectivity index (χ4v) is 4.65.